The number of hydrogen-bond donors (Lipinski definition) is 2. The fraction of sp³-hybridized carbons (Fsp3) is 0.500. The number of nitrogens with one attached hydrogen (secondary N) is 2. The third kappa shape index (κ3) is 2.44. The van der Waals surface area contributed by atoms with Crippen LogP contribution in [0.25, 0.3) is 0 Å². The van der Waals surface area contributed by atoms with Crippen LogP contribution in [0.3, 0.4) is 0 Å². The smallest absolute Gasteiger partial charge is 0.150 e. The molecule has 1 aliphatic heterocycles. The molecular weight excluding hydrogens is 207 g/mol. The Labute approximate surface area is 95.0 Å². The first kappa shape index (κ1) is 11.2. The second-order valence-electron chi connectivity index (χ2n) is 4.01. The molecule has 88 valence electrons. The number of fused-ring (bicyclic) bond motifs is 1. The molecule has 1 aliphatic rings. The minimum absolute atomic E-state index is 0.206. The van der Waals surface area contributed by atoms with Crippen molar-refractivity contribution in [2.45, 2.75) is 18.9 Å². The largest absolute Gasteiger partial charge is 0.489 e. The molecule has 16 heavy (non-hydrogen) atoms. The van der Waals surface area contributed by atoms with Crippen molar-refractivity contribution in [3.05, 3.63) is 24.0 Å². The van der Waals surface area contributed by atoms with Crippen molar-refractivity contribution in [3.8, 4) is 5.75 Å². The fourth-order valence-electron chi connectivity index (χ4n) is 1.88. The number of rotatable bonds is 4. The summed E-state index contributed by atoms with van der Waals surface area (Å²) < 4.78 is 19.0. The molecule has 2 N–H and O–H groups in total. The van der Waals surface area contributed by atoms with Gasteiger partial charge in [0, 0.05) is 0 Å². The zero-order chi connectivity index (χ0) is 11.4. The van der Waals surface area contributed by atoms with E-state index >= 15 is 0 Å². The molecule has 0 bridgehead atoms. The lowest BCUT2D eigenvalue weighted by atomic mass is 10.1. The van der Waals surface area contributed by atoms with Crippen LogP contribution in [0, 0.1) is 5.82 Å². The van der Waals surface area contributed by atoms with Crippen LogP contribution in [0.5, 0.6) is 5.75 Å². The van der Waals surface area contributed by atoms with Crippen molar-refractivity contribution in [1.29, 1.82) is 0 Å². The van der Waals surface area contributed by atoms with Crippen molar-refractivity contribution in [2.75, 3.05) is 25.5 Å². The van der Waals surface area contributed by atoms with Crippen LogP contribution in [0.4, 0.5) is 10.1 Å². The van der Waals surface area contributed by atoms with Gasteiger partial charge in [0.25, 0.3) is 0 Å². The lowest BCUT2D eigenvalue weighted by Gasteiger charge is -2.27. The van der Waals surface area contributed by atoms with E-state index in [-0.39, 0.29) is 11.9 Å². The first-order valence-corrected chi connectivity index (χ1v) is 5.63. The molecule has 4 heteroatoms. The van der Waals surface area contributed by atoms with Crippen molar-refractivity contribution in [1.82, 2.24) is 5.32 Å². The third-order valence-corrected chi connectivity index (χ3v) is 2.74. The summed E-state index contributed by atoms with van der Waals surface area (Å²) in [6.45, 7) is 1.59. The summed E-state index contributed by atoms with van der Waals surface area (Å²) in [5.41, 5.74) is 0.503. The molecule has 1 aromatic rings. The molecule has 0 spiro atoms. The molecule has 0 amide bonds. The summed E-state index contributed by atoms with van der Waals surface area (Å²) in [5.74, 6) is 0.376. The second kappa shape index (κ2) is 5.16. The van der Waals surface area contributed by atoms with Gasteiger partial charge in [-0.15, -0.1) is 0 Å². The fourth-order valence-corrected chi connectivity index (χ4v) is 1.88. The van der Waals surface area contributed by atoms with E-state index in [0.29, 0.717) is 18.0 Å². The summed E-state index contributed by atoms with van der Waals surface area (Å²) in [5, 5.41) is 6.29. The van der Waals surface area contributed by atoms with Crippen LogP contribution in [-0.4, -0.2) is 26.2 Å². The highest BCUT2D eigenvalue weighted by molar-refractivity contribution is 5.59. The lowest BCUT2D eigenvalue weighted by molar-refractivity contribution is 0.274. The monoisotopic (exact) mass is 224 g/mol. The molecule has 3 nitrogen and oxygen atoms in total. The van der Waals surface area contributed by atoms with E-state index < -0.39 is 0 Å². The van der Waals surface area contributed by atoms with Crippen LogP contribution in [-0.2, 0) is 0 Å². The highest BCUT2D eigenvalue weighted by atomic mass is 19.1. The number of ether oxygens (including phenoxy) is 1. The van der Waals surface area contributed by atoms with Crippen LogP contribution in [0.15, 0.2) is 18.2 Å². The van der Waals surface area contributed by atoms with Gasteiger partial charge in [-0.25, -0.2) is 4.39 Å². The van der Waals surface area contributed by atoms with E-state index in [4.69, 9.17) is 4.74 Å². The van der Waals surface area contributed by atoms with E-state index in [9.17, 15) is 4.39 Å². The van der Waals surface area contributed by atoms with Gasteiger partial charge in [0.05, 0.1) is 6.04 Å². The van der Waals surface area contributed by atoms with Gasteiger partial charge in [0.15, 0.2) is 0 Å². The van der Waals surface area contributed by atoms with Gasteiger partial charge in [0.1, 0.15) is 23.9 Å². The highest BCUT2D eigenvalue weighted by Crippen LogP contribution is 2.31. The topological polar surface area (TPSA) is 33.3 Å². The van der Waals surface area contributed by atoms with Crippen LogP contribution in [0.2, 0.25) is 0 Å². The van der Waals surface area contributed by atoms with E-state index in [1.807, 2.05) is 7.05 Å². The van der Waals surface area contributed by atoms with Crippen molar-refractivity contribution < 1.29 is 9.13 Å². The summed E-state index contributed by atoms with van der Waals surface area (Å²) >= 11 is 0. The van der Waals surface area contributed by atoms with Crippen molar-refractivity contribution in [2.24, 2.45) is 0 Å². The molecule has 1 heterocycles. The molecule has 0 saturated heterocycles. The number of para-hydroxylation sites is 1. The molecule has 0 aliphatic carbocycles. The maximum absolute atomic E-state index is 13.5. The molecular formula is C12H17FN2O. The highest BCUT2D eigenvalue weighted by Gasteiger charge is 2.20. The summed E-state index contributed by atoms with van der Waals surface area (Å²) in [7, 11) is 1.93. The summed E-state index contributed by atoms with van der Waals surface area (Å²) in [4.78, 5) is 0. The van der Waals surface area contributed by atoms with E-state index in [1.54, 1.807) is 12.1 Å². The quantitative estimate of drug-likeness (QED) is 0.767. The first-order valence-electron chi connectivity index (χ1n) is 5.63. The summed E-state index contributed by atoms with van der Waals surface area (Å²) in [6.07, 6.45) is 2.04. The number of benzene rings is 1. The van der Waals surface area contributed by atoms with Crippen molar-refractivity contribution in [3.63, 3.8) is 0 Å². The Morgan fingerprint density at radius 3 is 3.25 bits per heavy atom. The Balaban J connectivity index is 1.97. The molecule has 0 aromatic heterocycles. The summed E-state index contributed by atoms with van der Waals surface area (Å²) in [6, 6.07) is 5.11. The van der Waals surface area contributed by atoms with E-state index in [2.05, 4.69) is 10.6 Å². The number of halogens is 1. The Hall–Kier alpha value is -1.29. The predicted octanol–water partition coefficient (Wildman–Crippen LogP) is 2.00. The van der Waals surface area contributed by atoms with E-state index in [0.717, 1.165) is 19.4 Å². The maximum Gasteiger partial charge on any atom is 0.150 e. The minimum Gasteiger partial charge on any atom is -0.489 e. The molecule has 0 radical (unpaired) electrons. The second-order valence-corrected chi connectivity index (χ2v) is 4.01. The zero-order valence-electron chi connectivity index (χ0n) is 9.42. The van der Waals surface area contributed by atoms with Crippen LogP contribution in [0.1, 0.15) is 12.8 Å². The Bertz CT molecular complexity index is 357. The molecule has 0 fully saturated rings. The normalized spacial score (nSPS) is 18.5. The van der Waals surface area contributed by atoms with Gasteiger partial charge in [0.2, 0.25) is 0 Å². The predicted molar refractivity (Wildman–Crippen MR) is 62.5 cm³/mol. The van der Waals surface area contributed by atoms with Crippen molar-refractivity contribution >= 4 is 5.69 Å². The molecule has 0 saturated carbocycles. The average molecular weight is 224 g/mol. The lowest BCUT2D eigenvalue weighted by Crippen LogP contribution is -2.32. The Morgan fingerprint density at radius 2 is 2.44 bits per heavy atom. The van der Waals surface area contributed by atoms with Crippen LogP contribution < -0.4 is 15.4 Å². The average Bonchev–Trinajstić information content (AvgIpc) is 2.30. The van der Waals surface area contributed by atoms with Gasteiger partial charge in [-0.05, 0) is 38.6 Å². The molecule has 1 unspecified atom stereocenters. The van der Waals surface area contributed by atoms with E-state index in [1.165, 1.54) is 6.07 Å². The van der Waals surface area contributed by atoms with Crippen LogP contribution >= 0.6 is 0 Å². The van der Waals surface area contributed by atoms with Gasteiger partial charge >= 0.3 is 0 Å². The molecule has 1 atom stereocenters. The SMILES string of the molecule is CNCCCC1COc2cccc(F)c2N1. The van der Waals surface area contributed by atoms with Gasteiger partial charge in [-0.2, -0.15) is 0 Å². The standard InChI is InChI=1S/C12H17FN2O/c1-14-7-3-4-9-8-16-11-6-2-5-10(13)12(11)15-9/h2,5-6,9,14-15H,3-4,7-8H2,1H3. The van der Waals surface area contributed by atoms with Gasteiger partial charge in [-0.1, -0.05) is 6.07 Å². The zero-order valence-corrected chi connectivity index (χ0v) is 9.42. The Morgan fingerprint density at radius 1 is 1.56 bits per heavy atom. The van der Waals surface area contributed by atoms with Gasteiger partial charge < -0.3 is 15.4 Å². The first-order chi connectivity index (χ1) is 7.81. The number of hydrogen-bond acceptors (Lipinski definition) is 3. The Kier molecular flexibility index (Phi) is 3.62. The molecule has 2 rings (SSSR count). The van der Waals surface area contributed by atoms with Gasteiger partial charge in [-0.3, -0.25) is 0 Å². The minimum atomic E-state index is -0.240. The molecule has 1 aromatic carbocycles. The maximum atomic E-state index is 13.5. The number of anilines is 1. The third-order valence-electron chi connectivity index (χ3n) is 2.74.